The standard InChI is InChI=1S/C19H12Cl2F3NO3S/c20-16-11-15(28-29(26,27)19(22,23)24)12-17(18(16)21)25(13-7-3-1-4-8-13)14-9-5-2-6-10-14/h1-12H. The monoisotopic (exact) mass is 461 g/mol. The first-order chi connectivity index (χ1) is 13.6. The van der Waals surface area contributed by atoms with Crippen LogP contribution in [0.3, 0.4) is 0 Å². The zero-order chi connectivity index (χ0) is 21.2. The van der Waals surface area contributed by atoms with Crippen molar-refractivity contribution >= 4 is 50.4 Å². The highest BCUT2D eigenvalue weighted by Gasteiger charge is 2.48. The third-order valence-corrected chi connectivity index (χ3v) is 5.51. The molecule has 0 aliphatic heterocycles. The summed E-state index contributed by atoms with van der Waals surface area (Å²) in [6, 6.07) is 19.6. The Balaban J connectivity index is 2.18. The van der Waals surface area contributed by atoms with E-state index < -0.39 is 21.4 Å². The number of anilines is 3. The minimum absolute atomic E-state index is 0.0103. The van der Waals surface area contributed by atoms with Gasteiger partial charge in [0.15, 0.2) is 0 Å². The SMILES string of the molecule is O=S(=O)(Oc1cc(Cl)c(Cl)c(N(c2ccccc2)c2ccccc2)c1)C(F)(F)F. The van der Waals surface area contributed by atoms with Crippen LogP contribution in [0.5, 0.6) is 5.75 Å². The normalized spacial score (nSPS) is 11.9. The third kappa shape index (κ3) is 4.60. The largest absolute Gasteiger partial charge is 0.534 e. The van der Waals surface area contributed by atoms with Gasteiger partial charge in [-0.05, 0) is 24.3 Å². The van der Waals surface area contributed by atoms with Crippen LogP contribution in [0, 0.1) is 0 Å². The maximum atomic E-state index is 12.7. The molecule has 3 aromatic carbocycles. The molecule has 3 aromatic rings. The summed E-state index contributed by atoms with van der Waals surface area (Å²) in [5.74, 6) is -0.622. The van der Waals surface area contributed by atoms with E-state index in [1.165, 1.54) is 0 Å². The lowest BCUT2D eigenvalue weighted by molar-refractivity contribution is -0.0500. The number of rotatable bonds is 5. The van der Waals surface area contributed by atoms with E-state index in [9.17, 15) is 21.6 Å². The Kier molecular flexibility index (Phi) is 5.97. The maximum Gasteiger partial charge on any atom is 0.534 e. The van der Waals surface area contributed by atoms with E-state index in [1.54, 1.807) is 65.6 Å². The molecule has 3 rings (SSSR count). The quantitative estimate of drug-likeness (QED) is 0.313. The second kappa shape index (κ2) is 8.14. The molecule has 0 N–H and O–H groups in total. The highest BCUT2D eigenvalue weighted by atomic mass is 35.5. The van der Waals surface area contributed by atoms with Crippen molar-refractivity contribution in [3.63, 3.8) is 0 Å². The van der Waals surface area contributed by atoms with Gasteiger partial charge in [-0.1, -0.05) is 59.6 Å². The molecule has 152 valence electrons. The van der Waals surface area contributed by atoms with Crippen molar-refractivity contribution in [1.82, 2.24) is 0 Å². The van der Waals surface area contributed by atoms with E-state index in [4.69, 9.17) is 23.2 Å². The zero-order valence-corrected chi connectivity index (χ0v) is 16.7. The minimum Gasteiger partial charge on any atom is -0.376 e. The van der Waals surface area contributed by atoms with Crippen molar-refractivity contribution in [3.05, 3.63) is 82.8 Å². The Labute approximate surface area is 175 Å². The van der Waals surface area contributed by atoms with Crippen LogP contribution < -0.4 is 9.08 Å². The fourth-order valence-corrected chi connectivity index (χ4v) is 3.36. The molecule has 0 heterocycles. The van der Waals surface area contributed by atoms with Crippen LogP contribution in [0.2, 0.25) is 10.0 Å². The molecule has 0 atom stereocenters. The number of benzene rings is 3. The summed E-state index contributed by atoms with van der Waals surface area (Å²) >= 11 is 12.4. The first-order valence-corrected chi connectivity index (χ1v) is 10.2. The number of halogens is 5. The Morgan fingerprint density at radius 1 is 0.828 bits per heavy atom. The second-order valence-electron chi connectivity index (χ2n) is 5.73. The van der Waals surface area contributed by atoms with Crippen LogP contribution in [0.25, 0.3) is 0 Å². The summed E-state index contributed by atoms with van der Waals surface area (Å²) in [6.45, 7) is 0. The van der Waals surface area contributed by atoms with E-state index in [1.807, 2.05) is 0 Å². The molecule has 0 spiro atoms. The topological polar surface area (TPSA) is 46.6 Å². The number of hydrogen-bond acceptors (Lipinski definition) is 4. The predicted molar refractivity (Wildman–Crippen MR) is 107 cm³/mol. The molecule has 0 unspecified atom stereocenters. The summed E-state index contributed by atoms with van der Waals surface area (Å²) in [5.41, 5.74) is -4.21. The van der Waals surface area contributed by atoms with Gasteiger partial charge in [-0.3, -0.25) is 0 Å². The fraction of sp³-hybridized carbons (Fsp3) is 0.0526. The van der Waals surface area contributed by atoms with Gasteiger partial charge in [0.05, 0.1) is 15.7 Å². The van der Waals surface area contributed by atoms with Gasteiger partial charge in [-0.25, -0.2) is 0 Å². The Morgan fingerprint density at radius 3 is 1.76 bits per heavy atom. The molecule has 10 heteroatoms. The van der Waals surface area contributed by atoms with Gasteiger partial charge >= 0.3 is 15.6 Å². The molecule has 0 amide bonds. The summed E-state index contributed by atoms with van der Waals surface area (Å²) in [6.07, 6.45) is 0. The first-order valence-electron chi connectivity index (χ1n) is 8.00. The molecule has 0 saturated carbocycles. The lowest BCUT2D eigenvalue weighted by Gasteiger charge is -2.27. The van der Waals surface area contributed by atoms with Gasteiger partial charge in [0.2, 0.25) is 0 Å². The number of para-hydroxylation sites is 2. The van der Waals surface area contributed by atoms with Gasteiger partial charge < -0.3 is 9.08 Å². The van der Waals surface area contributed by atoms with E-state index in [0.29, 0.717) is 11.4 Å². The molecule has 0 fully saturated rings. The van der Waals surface area contributed by atoms with Crippen LogP contribution in [-0.4, -0.2) is 13.9 Å². The molecule has 0 aliphatic rings. The average Bonchev–Trinajstić information content (AvgIpc) is 2.66. The minimum atomic E-state index is -5.87. The van der Waals surface area contributed by atoms with Gasteiger partial charge in [0.25, 0.3) is 0 Å². The Morgan fingerprint density at radius 2 is 1.31 bits per heavy atom. The van der Waals surface area contributed by atoms with Crippen LogP contribution >= 0.6 is 23.2 Å². The van der Waals surface area contributed by atoms with Crippen molar-refractivity contribution in [2.45, 2.75) is 5.51 Å². The Bertz CT molecular complexity index is 1070. The molecule has 29 heavy (non-hydrogen) atoms. The lowest BCUT2D eigenvalue weighted by Crippen LogP contribution is -2.28. The third-order valence-electron chi connectivity index (χ3n) is 3.74. The second-order valence-corrected chi connectivity index (χ2v) is 8.05. The highest BCUT2D eigenvalue weighted by Crippen LogP contribution is 2.44. The molecule has 0 aromatic heterocycles. The van der Waals surface area contributed by atoms with Crippen molar-refractivity contribution in [2.75, 3.05) is 4.90 Å². The summed E-state index contributed by atoms with van der Waals surface area (Å²) in [5, 5.41) is -0.162. The predicted octanol–water partition coefficient (Wildman–Crippen LogP) is 6.69. The van der Waals surface area contributed by atoms with Gasteiger partial charge in [-0.2, -0.15) is 21.6 Å². The summed E-state index contributed by atoms with van der Waals surface area (Å²) in [4.78, 5) is 1.61. The maximum absolute atomic E-state index is 12.7. The number of alkyl halides is 3. The molecule has 0 aliphatic carbocycles. The van der Waals surface area contributed by atoms with Gasteiger partial charge in [-0.15, -0.1) is 0 Å². The van der Waals surface area contributed by atoms with E-state index in [0.717, 1.165) is 12.1 Å². The van der Waals surface area contributed by atoms with Gasteiger partial charge in [0, 0.05) is 23.5 Å². The van der Waals surface area contributed by atoms with Crippen LogP contribution in [0.15, 0.2) is 72.8 Å². The van der Waals surface area contributed by atoms with Crippen LogP contribution in [0.4, 0.5) is 30.2 Å². The van der Waals surface area contributed by atoms with Crippen molar-refractivity contribution in [2.24, 2.45) is 0 Å². The zero-order valence-electron chi connectivity index (χ0n) is 14.4. The Hall–Kier alpha value is -2.42. The molecule has 0 radical (unpaired) electrons. The first kappa shape index (κ1) is 21.3. The molecular weight excluding hydrogens is 450 g/mol. The van der Waals surface area contributed by atoms with Crippen LogP contribution in [0.1, 0.15) is 0 Å². The van der Waals surface area contributed by atoms with Crippen molar-refractivity contribution in [1.29, 1.82) is 0 Å². The van der Waals surface area contributed by atoms with Crippen molar-refractivity contribution < 1.29 is 25.8 Å². The fourth-order valence-electron chi connectivity index (χ4n) is 2.52. The van der Waals surface area contributed by atoms with E-state index in [-0.39, 0.29) is 15.7 Å². The molecular formula is C19H12Cl2F3NO3S. The van der Waals surface area contributed by atoms with Gasteiger partial charge in [0.1, 0.15) is 5.75 Å². The summed E-state index contributed by atoms with van der Waals surface area (Å²) in [7, 11) is -5.87. The lowest BCUT2D eigenvalue weighted by atomic mass is 10.2. The van der Waals surface area contributed by atoms with Crippen molar-refractivity contribution in [3.8, 4) is 5.75 Å². The number of nitrogens with zero attached hydrogens (tertiary/aromatic N) is 1. The van der Waals surface area contributed by atoms with E-state index >= 15 is 0 Å². The summed E-state index contributed by atoms with van der Waals surface area (Å²) < 4.78 is 65.2. The highest BCUT2D eigenvalue weighted by molar-refractivity contribution is 7.88. The molecule has 4 nitrogen and oxygen atoms in total. The smallest absolute Gasteiger partial charge is 0.376 e. The molecule has 0 bridgehead atoms. The number of hydrogen-bond donors (Lipinski definition) is 0. The molecule has 0 saturated heterocycles. The average molecular weight is 462 g/mol. The van der Waals surface area contributed by atoms with E-state index in [2.05, 4.69) is 4.18 Å². The van der Waals surface area contributed by atoms with Crippen LogP contribution in [-0.2, 0) is 10.1 Å².